The Morgan fingerprint density at radius 1 is 1.23 bits per heavy atom. The molecule has 3 aromatic rings. The first kappa shape index (κ1) is 17.6. The number of nitrogens with one attached hydrogen (secondary N) is 1. The van der Waals surface area contributed by atoms with Gasteiger partial charge in [0.2, 0.25) is 0 Å². The monoisotopic (exact) mass is 355 g/mol. The van der Waals surface area contributed by atoms with Gasteiger partial charge in [-0.25, -0.2) is 0 Å². The maximum absolute atomic E-state index is 12.2. The third kappa shape index (κ3) is 4.24. The second-order valence-corrected chi connectivity index (χ2v) is 5.59. The summed E-state index contributed by atoms with van der Waals surface area (Å²) in [5, 5.41) is 6.98. The van der Waals surface area contributed by atoms with E-state index in [9.17, 15) is 4.79 Å². The van der Waals surface area contributed by atoms with E-state index < -0.39 is 0 Å². The average molecular weight is 355 g/mol. The van der Waals surface area contributed by atoms with Gasteiger partial charge in [0, 0.05) is 24.8 Å². The van der Waals surface area contributed by atoms with Gasteiger partial charge < -0.3 is 19.2 Å². The van der Waals surface area contributed by atoms with Crippen LogP contribution in [0.15, 0.2) is 53.2 Å². The Hall–Kier alpha value is -3.22. The minimum atomic E-state index is -0.280. The first-order valence-corrected chi connectivity index (χ1v) is 8.33. The van der Waals surface area contributed by atoms with Crippen LogP contribution in [0.3, 0.4) is 0 Å². The van der Waals surface area contributed by atoms with Gasteiger partial charge in [-0.05, 0) is 31.2 Å². The van der Waals surface area contributed by atoms with Crippen LogP contribution in [0, 0.1) is 0 Å². The standard InChI is InChI=1S/C19H21N3O4/c1-3-22-12-14(11-21-22)10-20-19(23)18-9-8-15(26-18)13-25-17-7-5-4-6-16(17)24-2/h4-9,11-12H,3,10,13H2,1-2H3,(H,20,23). The molecule has 0 atom stereocenters. The highest BCUT2D eigenvalue weighted by Crippen LogP contribution is 2.26. The number of carbonyl (C=O) groups is 1. The van der Waals surface area contributed by atoms with Crippen LogP contribution in [0.2, 0.25) is 0 Å². The number of carbonyl (C=O) groups excluding carboxylic acids is 1. The van der Waals surface area contributed by atoms with E-state index in [1.807, 2.05) is 42.1 Å². The molecular weight excluding hydrogens is 334 g/mol. The summed E-state index contributed by atoms with van der Waals surface area (Å²) in [6, 6.07) is 10.7. The molecule has 3 rings (SSSR count). The summed E-state index contributed by atoms with van der Waals surface area (Å²) < 4.78 is 18.3. The van der Waals surface area contributed by atoms with Gasteiger partial charge in [-0.3, -0.25) is 9.48 Å². The highest BCUT2D eigenvalue weighted by atomic mass is 16.5. The van der Waals surface area contributed by atoms with Crippen LogP contribution in [0.5, 0.6) is 11.5 Å². The van der Waals surface area contributed by atoms with Gasteiger partial charge in [0.1, 0.15) is 12.4 Å². The molecule has 0 spiro atoms. The van der Waals surface area contributed by atoms with Crippen LogP contribution in [-0.4, -0.2) is 22.8 Å². The van der Waals surface area contributed by atoms with Crippen LogP contribution in [0.1, 0.15) is 28.8 Å². The first-order chi connectivity index (χ1) is 12.7. The molecule has 0 bridgehead atoms. The fraction of sp³-hybridized carbons (Fsp3) is 0.263. The number of aryl methyl sites for hydroxylation is 1. The molecule has 26 heavy (non-hydrogen) atoms. The van der Waals surface area contributed by atoms with Crippen molar-refractivity contribution in [1.82, 2.24) is 15.1 Å². The summed E-state index contributed by atoms with van der Waals surface area (Å²) in [6.45, 7) is 3.40. The Bertz CT molecular complexity index is 869. The number of para-hydroxylation sites is 2. The van der Waals surface area contributed by atoms with Crippen LogP contribution < -0.4 is 14.8 Å². The van der Waals surface area contributed by atoms with E-state index >= 15 is 0 Å². The van der Waals surface area contributed by atoms with Crippen molar-refractivity contribution in [2.45, 2.75) is 26.6 Å². The number of hydrogen-bond donors (Lipinski definition) is 1. The molecule has 0 radical (unpaired) electrons. The number of aromatic nitrogens is 2. The van der Waals surface area contributed by atoms with E-state index in [-0.39, 0.29) is 18.3 Å². The van der Waals surface area contributed by atoms with Crippen molar-refractivity contribution in [3.63, 3.8) is 0 Å². The fourth-order valence-electron chi connectivity index (χ4n) is 2.40. The molecule has 0 aliphatic heterocycles. The smallest absolute Gasteiger partial charge is 0.287 e. The summed E-state index contributed by atoms with van der Waals surface area (Å²) in [5.41, 5.74) is 0.937. The number of ether oxygens (including phenoxy) is 2. The van der Waals surface area contributed by atoms with Crippen molar-refractivity contribution < 1.29 is 18.7 Å². The van der Waals surface area contributed by atoms with E-state index in [0.29, 0.717) is 23.8 Å². The Kier molecular flexibility index (Phi) is 5.58. The Morgan fingerprint density at radius 3 is 2.77 bits per heavy atom. The molecule has 7 heteroatoms. The quantitative estimate of drug-likeness (QED) is 0.672. The van der Waals surface area contributed by atoms with E-state index in [1.54, 1.807) is 25.4 Å². The molecule has 2 heterocycles. The molecule has 0 saturated heterocycles. The van der Waals surface area contributed by atoms with Crippen LogP contribution in [0.25, 0.3) is 0 Å². The maximum atomic E-state index is 12.2. The van der Waals surface area contributed by atoms with Gasteiger partial charge in [0.15, 0.2) is 17.3 Å². The Balaban J connectivity index is 1.54. The number of rotatable bonds is 8. The van der Waals surface area contributed by atoms with Crippen molar-refractivity contribution >= 4 is 5.91 Å². The average Bonchev–Trinajstić information content (AvgIpc) is 3.34. The largest absolute Gasteiger partial charge is 0.493 e. The molecular formula is C19H21N3O4. The lowest BCUT2D eigenvalue weighted by molar-refractivity contribution is 0.0919. The number of amides is 1. The molecule has 7 nitrogen and oxygen atoms in total. The summed E-state index contributed by atoms with van der Waals surface area (Å²) >= 11 is 0. The van der Waals surface area contributed by atoms with E-state index in [0.717, 1.165) is 12.1 Å². The van der Waals surface area contributed by atoms with Gasteiger partial charge in [-0.1, -0.05) is 12.1 Å². The zero-order valence-electron chi connectivity index (χ0n) is 14.8. The molecule has 0 saturated carbocycles. The second-order valence-electron chi connectivity index (χ2n) is 5.59. The normalized spacial score (nSPS) is 10.5. The van der Waals surface area contributed by atoms with Gasteiger partial charge in [0.05, 0.1) is 13.3 Å². The lowest BCUT2D eigenvalue weighted by Crippen LogP contribution is -2.22. The van der Waals surface area contributed by atoms with Crippen molar-refractivity contribution in [3.05, 3.63) is 65.9 Å². The van der Waals surface area contributed by atoms with E-state index in [1.165, 1.54) is 0 Å². The molecule has 2 aromatic heterocycles. The molecule has 0 unspecified atom stereocenters. The number of furan rings is 1. The zero-order chi connectivity index (χ0) is 18.4. The van der Waals surface area contributed by atoms with Crippen molar-refractivity contribution in [3.8, 4) is 11.5 Å². The summed E-state index contributed by atoms with van der Waals surface area (Å²) in [7, 11) is 1.59. The second kappa shape index (κ2) is 8.24. The van der Waals surface area contributed by atoms with Crippen molar-refractivity contribution in [1.29, 1.82) is 0 Å². The minimum absolute atomic E-state index is 0.205. The lowest BCUT2D eigenvalue weighted by atomic mass is 10.3. The van der Waals surface area contributed by atoms with Gasteiger partial charge in [-0.15, -0.1) is 0 Å². The predicted molar refractivity (Wildman–Crippen MR) is 95.1 cm³/mol. The van der Waals surface area contributed by atoms with Crippen LogP contribution in [-0.2, 0) is 19.7 Å². The first-order valence-electron chi connectivity index (χ1n) is 8.33. The van der Waals surface area contributed by atoms with E-state index in [4.69, 9.17) is 13.9 Å². The SMILES string of the molecule is CCn1cc(CNC(=O)c2ccc(COc3ccccc3OC)o2)cn1. The molecule has 1 amide bonds. The maximum Gasteiger partial charge on any atom is 0.287 e. The highest BCUT2D eigenvalue weighted by Gasteiger charge is 2.12. The summed E-state index contributed by atoms with van der Waals surface area (Å²) in [4.78, 5) is 12.2. The van der Waals surface area contributed by atoms with Crippen LogP contribution in [0.4, 0.5) is 0 Å². The van der Waals surface area contributed by atoms with Crippen LogP contribution >= 0.6 is 0 Å². The predicted octanol–water partition coefficient (Wildman–Crippen LogP) is 3.01. The topological polar surface area (TPSA) is 78.5 Å². The van der Waals surface area contributed by atoms with E-state index in [2.05, 4.69) is 10.4 Å². The molecule has 1 aromatic carbocycles. The van der Waals surface area contributed by atoms with Gasteiger partial charge >= 0.3 is 0 Å². The third-order valence-electron chi connectivity index (χ3n) is 3.79. The number of nitrogens with zero attached hydrogens (tertiary/aromatic N) is 2. The molecule has 0 aliphatic rings. The molecule has 0 fully saturated rings. The molecule has 1 N–H and O–H groups in total. The number of hydrogen-bond acceptors (Lipinski definition) is 5. The van der Waals surface area contributed by atoms with Gasteiger partial charge in [0.25, 0.3) is 5.91 Å². The Morgan fingerprint density at radius 2 is 2.04 bits per heavy atom. The Labute approximate surface area is 151 Å². The lowest BCUT2D eigenvalue weighted by Gasteiger charge is -2.08. The fourth-order valence-corrected chi connectivity index (χ4v) is 2.40. The summed E-state index contributed by atoms with van der Waals surface area (Å²) in [5.74, 6) is 1.78. The third-order valence-corrected chi connectivity index (χ3v) is 3.79. The summed E-state index contributed by atoms with van der Waals surface area (Å²) in [6.07, 6.45) is 3.63. The number of benzene rings is 1. The van der Waals surface area contributed by atoms with Gasteiger partial charge in [-0.2, -0.15) is 5.10 Å². The molecule has 136 valence electrons. The minimum Gasteiger partial charge on any atom is -0.493 e. The van der Waals surface area contributed by atoms with Crippen molar-refractivity contribution in [2.24, 2.45) is 0 Å². The van der Waals surface area contributed by atoms with Crippen molar-refractivity contribution in [2.75, 3.05) is 7.11 Å². The highest BCUT2D eigenvalue weighted by molar-refractivity contribution is 5.91. The molecule has 0 aliphatic carbocycles. The zero-order valence-corrected chi connectivity index (χ0v) is 14.8. The number of methoxy groups -OCH3 is 1.